The average Bonchev–Trinajstić information content (AvgIpc) is 1.72. The number of rotatable bonds is 64. The molecular formula is C141H196N8+8. The van der Waals surface area contributed by atoms with Crippen LogP contribution in [0.2, 0.25) is 0 Å². The second-order valence-electron chi connectivity index (χ2n) is 49.6. The van der Waals surface area contributed by atoms with Crippen LogP contribution in [0.1, 0.15) is 324 Å². The van der Waals surface area contributed by atoms with Crippen molar-refractivity contribution in [2.24, 2.45) is 0 Å². The fourth-order valence-corrected chi connectivity index (χ4v) is 27.9. The Morgan fingerprint density at radius 3 is 0.443 bits per heavy atom. The van der Waals surface area contributed by atoms with Gasteiger partial charge in [0, 0.05) is 21.7 Å². The molecule has 0 aliphatic heterocycles. The zero-order valence-electron chi connectivity index (χ0n) is 95.8. The summed E-state index contributed by atoms with van der Waals surface area (Å²) in [5.74, 6) is 0. The highest BCUT2D eigenvalue weighted by molar-refractivity contribution is 5.89. The van der Waals surface area contributed by atoms with Gasteiger partial charge in [-0.3, -0.25) is 0 Å². The molecule has 8 heteroatoms. The SMILES string of the molecule is C[NH+](C)CCCCCCC1(CCCCCC[NH+](C)C)c2ccccc2-c2ccc(-c3ccc(C(c4ccc(-c5ccc6c(c5)C(CCCCCC[NH+](C)C)(CCCCCC[NH+](C)C)c5ccccc5-6)cc4)(c4ccc(-c5ccc6c(c5)C(CCCCCC[NH+](C)C)(CCCCCC[NH+](C)C)c5ccccc5-6)cc4)c4ccc(-c5ccc6c(c5)C(CCCCCC[NH+](C)C)(CCCCCC[NH+](C)C)c5ccccc5-6)cc4)cc3)cc21. The minimum atomic E-state index is -0.798. The van der Waals surface area contributed by atoms with E-state index in [-0.39, 0.29) is 21.7 Å². The summed E-state index contributed by atoms with van der Waals surface area (Å²) in [4.78, 5) is 12.4. The van der Waals surface area contributed by atoms with Gasteiger partial charge < -0.3 is 39.2 Å². The molecule has 0 aromatic heterocycles. The van der Waals surface area contributed by atoms with Crippen molar-refractivity contribution in [1.82, 2.24) is 0 Å². The van der Waals surface area contributed by atoms with Gasteiger partial charge >= 0.3 is 0 Å². The third-order valence-electron chi connectivity index (χ3n) is 35.9. The van der Waals surface area contributed by atoms with Crippen LogP contribution >= 0.6 is 0 Å². The summed E-state index contributed by atoms with van der Waals surface area (Å²) in [5.41, 5.74) is 38.5. The van der Waals surface area contributed by atoms with Gasteiger partial charge in [0.15, 0.2) is 0 Å². The van der Waals surface area contributed by atoms with Gasteiger partial charge in [0.25, 0.3) is 0 Å². The van der Waals surface area contributed by atoms with Crippen molar-refractivity contribution < 1.29 is 39.2 Å². The van der Waals surface area contributed by atoms with E-state index in [1.54, 1.807) is 83.7 Å². The number of hydrogen-bond acceptors (Lipinski definition) is 0. The molecule has 0 unspecified atom stereocenters. The zero-order chi connectivity index (χ0) is 104. The van der Waals surface area contributed by atoms with Crippen molar-refractivity contribution >= 4 is 0 Å². The van der Waals surface area contributed by atoms with E-state index in [1.807, 2.05) is 0 Å². The van der Waals surface area contributed by atoms with Crippen molar-refractivity contribution in [3.8, 4) is 89.0 Å². The van der Waals surface area contributed by atoms with E-state index in [2.05, 4.69) is 380 Å². The van der Waals surface area contributed by atoms with Crippen molar-refractivity contribution in [2.75, 3.05) is 165 Å². The lowest BCUT2D eigenvalue weighted by Gasteiger charge is -2.37. The highest BCUT2D eigenvalue weighted by Gasteiger charge is 2.48. The molecule has 8 N–H and O–H groups in total. The maximum Gasteiger partial charge on any atom is 0.0766 e. The minimum Gasteiger partial charge on any atom is -0.340 e. The monoisotopic (exact) mass is 2000 g/mol. The van der Waals surface area contributed by atoms with E-state index in [4.69, 9.17) is 0 Å². The predicted octanol–water partition coefficient (Wildman–Crippen LogP) is 22.6. The lowest BCUT2D eigenvalue weighted by molar-refractivity contribution is -0.858. The molecule has 4 aliphatic carbocycles. The van der Waals surface area contributed by atoms with Gasteiger partial charge in [0.1, 0.15) is 0 Å². The van der Waals surface area contributed by atoms with Crippen LogP contribution < -0.4 is 39.2 Å². The Kier molecular flexibility index (Phi) is 40.4. The lowest BCUT2D eigenvalue weighted by atomic mass is 9.64. The summed E-state index contributed by atoms with van der Waals surface area (Å²) in [6.07, 6.45) is 50.2. The molecule has 0 saturated carbocycles. The second-order valence-corrected chi connectivity index (χ2v) is 49.6. The Morgan fingerprint density at radius 2 is 0.282 bits per heavy atom. The summed E-state index contributed by atoms with van der Waals surface area (Å²) in [5, 5.41) is 0. The molecule has 16 rings (SSSR count). The van der Waals surface area contributed by atoms with Crippen LogP contribution in [0.4, 0.5) is 0 Å². The Bertz CT molecular complexity index is 5330. The van der Waals surface area contributed by atoms with Crippen LogP contribution in [-0.4, -0.2) is 165 Å². The first-order valence-electron chi connectivity index (χ1n) is 60.2. The molecule has 0 atom stereocenters. The topological polar surface area (TPSA) is 35.5 Å². The molecule has 4 aliphatic rings. The van der Waals surface area contributed by atoms with E-state index in [1.165, 1.54) is 420 Å². The fourth-order valence-electron chi connectivity index (χ4n) is 27.9. The normalized spacial score (nSPS) is 14.3. The summed E-state index contributed by atoms with van der Waals surface area (Å²) in [6, 6.07) is 110. The third-order valence-corrected chi connectivity index (χ3v) is 35.9. The first-order chi connectivity index (χ1) is 72.5. The number of fused-ring (bicyclic) bond motifs is 12. The van der Waals surface area contributed by atoms with Gasteiger partial charge in [-0.2, -0.15) is 0 Å². The summed E-state index contributed by atoms with van der Waals surface area (Å²) in [7, 11) is 37.0. The largest absolute Gasteiger partial charge is 0.340 e. The van der Waals surface area contributed by atoms with Crippen molar-refractivity contribution in [1.29, 1.82) is 0 Å². The molecule has 149 heavy (non-hydrogen) atoms. The molecule has 0 radical (unpaired) electrons. The van der Waals surface area contributed by atoms with E-state index in [9.17, 15) is 0 Å². The van der Waals surface area contributed by atoms with Crippen LogP contribution in [0, 0.1) is 0 Å². The number of hydrogen-bond donors (Lipinski definition) is 8. The van der Waals surface area contributed by atoms with E-state index >= 15 is 0 Å². The smallest absolute Gasteiger partial charge is 0.0766 e. The molecule has 0 fully saturated rings. The van der Waals surface area contributed by atoms with Crippen LogP contribution in [0.5, 0.6) is 0 Å². The Labute approximate surface area is 904 Å². The first kappa shape index (κ1) is 112. The van der Waals surface area contributed by atoms with Gasteiger partial charge in [-0.1, -0.05) is 345 Å². The molecule has 0 bridgehead atoms. The van der Waals surface area contributed by atoms with Crippen LogP contribution in [0.3, 0.4) is 0 Å². The summed E-state index contributed by atoms with van der Waals surface area (Å²) < 4.78 is 0. The standard InChI is InChI=1S/C141H188N8/c1-142(2)97-49-25-17-41-89-137(90-42-18-26-50-98-143(3)4)129-61-37-33-57-121(129)125-85-73-113(105-133(125)137)109-65-77-117(78-66-109)141(118-79-67-110(68-80-118)114-74-86-126-122-58-34-38-62-130(122)138(134(126)106-114,91-43-19-27-51-99-144(5)6)92-44-20-28-52-100-145(7)8,119-81-69-111(70-82-119)115-75-87-127-123-59-35-39-63-131(123)139(135(127)107-115,93-45-21-29-53-101-146(9)10)94-46-22-30-54-102-147(11)12)120-83-71-112(72-84-120)116-76-88-128-124-60-36-40-64-132(124)140(136(128)108-116,95-47-23-31-55-103-148(13)14)96-48-24-32-56-104-149(15)16/h33-40,57-88,105-108H,17-32,41-56,89-104H2,1-16H3/p+8. The molecule has 8 nitrogen and oxygen atoms in total. The van der Waals surface area contributed by atoms with Gasteiger partial charge in [-0.05, 0) is 334 Å². The number of benzene rings is 12. The summed E-state index contributed by atoms with van der Waals surface area (Å²) >= 11 is 0. The second kappa shape index (κ2) is 53.7. The van der Waals surface area contributed by atoms with Gasteiger partial charge in [0.05, 0.1) is 171 Å². The van der Waals surface area contributed by atoms with Crippen molar-refractivity contribution in [3.05, 3.63) is 334 Å². The third kappa shape index (κ3) is 26.7. The minimum absolute atomic E-state index is 0.0504. The highest BCUT2D eigenvalue weighted by atomic mass is 15.1. The van der Waals surface area contributed by atoms with Crippen molar-refractivity contribution in [2.45, 2.75) is 284 Å². The lowest BCUT2D eigenvalue weighted by Crippen LogP contribution is -3.05. The molecule has 12 aromatic carbocycles. The van der Waals surface area contributed by atoms with E-state index < -0.39 is 5.41 Å². The number of unbranched alkanes of at least 4 members (excludes halogenated alkanes) is 24. The predicted molar refractivity (Wildman–Crippen MR) is 637 cm³/mol. The van der Waals surface area contributed by atoms with Gasteiger partial charge in [0.2, 0.25) is 0 Å². The molecule has 0 spiro atoms. The highest BCUT2D eigenvalue weighted by Crippen LogP contribution is 2.61. The Balaban J connectivity index is 0.862. The maximum absolute atomic E-state index is 2.69. The fraction of sp³-hybridized carbons (Fsp3) is 0.489. The quantitative estimate of drug-likeness (QED) is 0.0138. The molecule has 0 amide bonds. The Morgan fingerprint density at radius 1 is 0.141 bits per heavy atom. The zero-order valence-corrected chi connectivity index (χ0v) is 95.8. The van der Waals surface area contributed by atoms with E-state index in [0.29, 0.717) is 0 Å². The molecular weight excluding hydrogens is 1810 g/mol. The van der Waals surface area contributed by atoms with Gasteiger partial charge in [-0.25, -0.2) is 0 Å². The van der Waals surface area contributed by atoms with Gasteiger partial charge in [-0.15, -0.1) is 0 Å². The number of nitrogens with one attached hydrogen (secondary N) is 8. The van der Waals surface area contributed by atoms with Crippen molar-refractivity contribution in [3.63, 3.8) is 0 Å². The van der Waals surface area contributed by atoms with Crippen LogP contribution in [0.25, 0.3) is 89.0 Å². The maximum atomic E-state index is 2.69. The van der Waals surface area contributed by atoms with Crippen LogP contribution in [0.15, 0.2) is 267 Å². The summed E-state index contributed by atoms with van der Waals surface area (Å²) in [6.45, 7) is 9.87. The first-order valence-corrected chi connectivity index (χ1v) is 60.2. The molecule has 12 aromatic rings. The van der Waals surface area contributed by atoms with Crippen LogP contribution in [-0.2, 0) is 27.1 Å². The molecule has 792 valence electrons. The Hall–Kier alpha value is -9.68. The molecule has 0 saturated heterocycles. The van der Waals surface area contributed by atoms with E-state index in [0.717, 1.165) is 0 Å². The number of quaternary nitrogens is 8. The molecule has 0 heterocycles. The average molecular weight is 2000 g/mol.